The first kappa shape index (κ1) is 15.3. The fraction of sp³-hybridized carbons (Fsp3) is 0.533. The van der Waals surface area contributed by atoms with E-state index in [1.165, 1.54) is 0 Å². The van der Waals surface area contributed by atoms with Crippen LogP contribution >= 0.6 is 11.6 Å². The molecule has 20 heavy (non-hydrogen) atoms. The molecule has 2 rings (SSSR count). The number of halogens is 1. The number of ether oxygens (including phenoxy) is 1. The van der Waals surface area contributed by atoms with Gasteiger partial charge >= 0.3 is 0 Å². The topological polar surface area (TPSA) is 50.4 Å². The van der Waals surface area contributed by atoms with Gasteiger partial charge in [-0.25, -0.2) is 0 Å². The summed E-state index contributed by atoms with van der Waals surface area (Å²) in [6, 6.07) is 7.48. The van der Waals surface area contributed by atoms with Gasteiger partial charge in [0.25, 0.3) is 0 Å². The first-order chi connectivity index (χ1) is 9.65. The van der Waals surface area contributed by atoms with Crippen LogP contribution < -0.4 is 10.6 Å². The maximum atomic E-state index is 11.9. The average Bonchev–Trinajstić information content (AvgIpc) is 2.46. The summed E-state index contributed by atoms with van der Waals surface area (Å²) in [4.78, 5) is 11.9. The van der Waals surface area contributed by atoms with Crippen molar-refractivity contribution in [3.05, 3.63) is 29.3 Å². The van der Waals surface area contributed by atoms with Gasteiger partial charge in [-0.2, -0.15) is 0 Å². The van der Waals surface area contributed by atoms with Crippen LogP contribution in [0.25, 0.3) is 0 Å². The molecular weight excluding hydrogens is 276 g/mol. The molecular formula is C15H21ClN2O2. The van der Waals surface area contributed by atoms with Crippen molar-refractivity contribution >= 4 is 23.2 Å². The third-order valence-electron chi connectivity index (χ3n) is 3.67. The minimum atomic E-state index is -0.0498. The third-order valence-corrected chi connectivity index (χ3v) is 3.90. The van der Waals surface area contributed by atoms with Crippen molar-refractivity contribution in [2.24, 2.45) is 5.92 Å². The van der Waals surface area contributed by atoms with Crippen LogP contribution in [0.1, 0.15) is 19.8 Å². The van der Waals surface area contributed by atoms with Gasteiger partial charge in [0.15, 0.2) is 0 Å². The molecule has 0 aromatic heterocycles. The SMILES string of the molecule is CC(NCC(=O)Nc1cccc(Cl)c1)C1CCOCC1. The van der Waals surface area contributed by atoms with Gasteiger partial charge < -0.3 is 15.4 Å². The van der Waals surface area contributed by atoms with Crippen LogP contribution in [0.15, 0.2) is 24.3 Å². The number of anilines is 1. The number of rotatable bonds is 5. The van der Waals surface area contributed by atoms with Gasteiger partial charge in [-0.3, -0.25) is 4.79 Å². The molecule has 0 bridgehead atoms. The zero-order chi connectivity index (χ0) is 14.4. The highest BCUT2D eigenvalue weighted by Gasteiger charge is 2.20. The van der Waals surface area contributed by atoms with E-state index in [0.717, 1.165) is 31.7 Å². The Balaban J connectivity index is 1.74. The number of amides is 1. The second-order valence-electron chi connectivity index (χ2n) is 5.18. The van der Waals surface area contributed by atoms with E-state index in [9.17, 15) is 4.79 Å². The molecule has 1 aliphatic rings. The Hall–Kier alpha value is -1.10. The average molecular weight is 297 g/mol. The van der Waals surface area contributed by atoms with Gasteiger partial charge in [0, 0.05) is 30.0 Å². The van der Waals surface area contributed by atoms with Crippen LogP contribution in [0, 0.1) is 5.92 Å². The van der Waals surface area contributed by atoms with Crippen LogP contribution in [-0.2, 0) is 9.53 Å². The minimum Gasteiger partial charge on any atom is -0.381 e. The summed E-state index contributed by atoms with van der Waals surface area (Å²) in [6.07, 6.45) is 2.12. The Morgan fingerprint density at radius 1 is 1.45 bits per heavy atom. The summed E-state index contributed by atoms with van der Waals surface area (Å²) in [5.41, 5.74) is 0.725. The molecule has 2 N–H and O–H groups in total. The molecule has 1 aromatic rings. The van der Waals surface area contributed by atoms with Crippen molar-refractivity contribution in [3.63, 3.8) is 0 Å². The van der Waals surface area contributed by atoms with Crippen LogP contribution in [0.5, 0.6) is 0 Å². The van der Waals surface area contributed by atoms with Crippen molar-refractivity contribution in [2.75, 3.05) is 25.1 Å². The molecule has 1 heterocycles. The zero-order valence-electron chi connectivity index (χ0n) is 11.7. The summed E-state index contributed by atoms with van der Waals surface area (Å²) in [7, 11) is 0. The van der Waals surface area contributed by atoms with E-state index in [2.05, 4.69) is 17.6 Å². The second-order valence-corrected chi connectivity index (χ2v) is 5.61. The van der Waals surface area contributed by atoms with E-state index in [-0.39, 0.29) is 5.91 Å². The zero-order valence-corrected chi connectivity index (χ0v) is 12.5. The van der Waals surface area contributed by atoms with Gasteiger partial charge in [0.2, 0.25) is 5.91 Å². The lowest BCUT2D eigenvalue weighted by atomic mass is 9.93. The molecule has 1 aromatic carbocycles. The first-order valence-corrected chi connectivity index (χ1v) is 7.39. The Kier molecular flexibility index (Phi) is 5.83. The van der Waals surface area contributed by atoms with Gasteiger partial charge in [0.1, 0.15) is 0 Å². The highest BCUT2D eigenvalue weighted by atomic mass is 35.5. The molecule has 1 unspecified atom stereocenters. The Morgan fingerprint density at radius 2 is 2.20 bits per heavy atom. The molecule has 1 amide bonds. The maximum Gasteiger partial charge on any atom is 0.238 e. The number of hydrogen-bond donors (Lipinski definition) is 2. The van der Waals surface area contributed by atoms with Crippen molar-refractivity contribution in [1.82, 2.24) is 5.32 Å². The van der Waals surface area contributed by atoms with Crippen molar-refractivity contribution < 1.29 is 9.53 Å². The van der Waals surface area contributed by atoms with Crippen LogP contribution in [-0.4, -0.2) is 31.7 Å². The first-order valence-electron chi connectivity index (χ1n) is 7.01. The van der Waals surface area contributed by atoms with Gasteiger partial charge in [-0.1, -0.05) is 17.7 Å². The fourth-order valence-corrected chi connectivity index (χ4v) is 2.60. The van der Waals surface area contributed by atoms with E-state index < -0.39 is 0 Å². The predicted octanol–water partition coefficient (Wildman–Crippen LogP) is 2.68. The van der Waals surface area contributed by atoms with E-state index in [1.807, 2.05) is 12.1 Å². The fourth-order valence-electron chi connectivity index (χ4n) is 2.41. The van der Waals surface area contributed by atoms with Crippen molar-refractivity contribution in [2.45, 2.75) is 25.8 Å². The molecule has 1 atom stereocenters. The highest BCUT2D eigenvalue weighted by molar-refractivity contribution is 6.30. The predicted molar refractivity (Wildman–Crippen MR) is 81.1 cm³/mol. The lowest BCUT2D eigenvalue weighted by molar-refractivity contribution is -0.115. The van der Waals surface area contributed by atoms with E-state index >= 15 is 0 Å². The smallest absolute Gasteiger partial charge is 0.238 e. The normalized spacial score (nSPS) is 17.7. The van der Waals surface area contributed by atoms with Gasteiger partial charge in [-0.05, 0) is 43.9 Å². The van der Waals surface area contributed by atoms with Crippen LogP contribution in [0.4, 0.5) is 5.69 Å². The van der Waals surface area contributed by atoms with Crippen LogP contribution in [0.2, 0.25) is 5.02 Å². The Bertz CT molecular complexity index is 447. The molecule has 110 valence electrons. The molecule has 0 aliphatic carbocycles. The molecule has 1 fully saturated rings. The lowest BCUT2D eigenvalue weighted by Gasteiger charge is -2.28. The standard InChI is InChI=1S/C15H21ClN2O2/c1-11(12-5-7-20-8-6-12)17-10-15(19)18-14-4-2-3-13(16)9-14/h2-4,9,11-12,17H,5-8,10H2,1H3,(H,18,19). The summed E-state index contributed by atoms with van der Waals surface area (Å²) in [5.74, 6) is 0.536. The molecule has 0 radical (unpaired) electrons. The molecule has 0 spiro atoms. The van der Waals surface area contributed by atoms with Gasteiger partial charge in [-0.15, -0.1) is 0 Å². The summed E-state index contributed by atoms with van der Waals surface area (Å²) < 4.78 is 5.35. The molecule has 4 nitrogen and oxygen atoms in total. The molecule has 0 saturated carbocycles. The van der Waals surface area contributed by atoms with Gasteiger partial charge in [0.05, 0.1) is 6.54 Å². The number of nitrogens with one attached hydrogen (secondary N) is 2. The summed E-state index contributed by atoms with van der Waals surface area (Å²) in [6.45, 7) is 4.09. The monoisotopic (exact) mass is 296 g/mol. The minimum absolute atomic E-state index is 0.0498. The highest BCUT2D eigenvalue weighted by Crippen LogP contribution is 2.18. The Labute approximate surface area is 124 Å². The summed E-state index contributed by atoms with van der Waals surface area (Å²) >= 11 is 5.88. The van der Waals surface area contributed by atoms with Crippen molar-refractivity contribution in [3.8, 4) is 0 Å². The number of hydrogen-bond acceptors (Lipinski definition) is 3. The number of benzene rings is 1. The molecule has 5 heteroatoms. The quantitative estimate of drug-likeness (QED) is 0.878. The summed E-state index contributed by atoms with van der Waals surface area (Å²) in [5, 5.41) is 6.73. The second kappa shape index (κ2) is 7.62. The molecule has 1 saturated heterocycles. The third kappa shape index (κ3) is 4.78. The Morgan fingerprint density at radius 3 is 2.90 bits per heavy atom. The van der Waals surface area contributed by atoms with E-state index in [4.69, 9.17) is 16.3 Å². The van der Waals surface area contributed by atoms with E-state index in [0.29, 0.717) is 23.5 Å². The van der Waals surface area contributed by atoms with Crippen LogP contribution in [0.3, 0.4) is 0 Å². The van der Waals surface area contributed by atoms with Crippen molar-refractivity contribution in [1.29, 1.82) is 0 Å². The lowest BCUT2D eigenvalue weighted by Crippen LogP contribution is -2.40. The number of carbonyl (C=O) groups excluding carboxylic acids is 1. The number of carbonyl (C=O) groups is 1. The molecule has 1 aliphatic heterocycles. The van der Waals surface area contributed by atoms with E-state index in [1.54, 1.807) is 12.1 Å². The maximum absolute atomic E-state index is 11.9. The largest absolute Gasteiger partial charge is 0.381 e.